The van der Waals surface area contributed by atoms with Crippen LogP contribution in [0.4, 0.5) is 0 Å². The highest BCUT2D eigenvalue weighted by Gasteiger charge is 2.31. The minimum absolute atomic E-state index is 0.0940. The third-order valence-electron chi connectivity index (χ3n) is 6.76. The first-order valence-corrected chi connectivity index (χ1v) is 12.8. The smallest absolute Gasteiger partial charge is 0.326 e. The van der Waals surface area contributed by atoms with Gasteiger partial charge in [0.2, 0.25) is 11.7 Å². The molecule has 0 aromatic heterocycles. The van der Waals surface area contributed by atoms with E-state index in [1.807, 2.05) is 32.9 Å². The molecule has 0 radical (unpaired) electrons. The molecule has 9 nitrogen and oxygen atoms in total. The number of ether oxygens (including phenoxy) is 3. The number of rotatable bonds is 12. The summed E-state index contributed by atoms with van der Waals surface area (Å²) in [6, 6.07) is 13.3. The normalized spacial score (nSPS) is 11.4. The Morgan fingerprint density at radius 2 is 1.43 bits per heavy atom. The number of nitrogens with zero attached hydrogens (tertiary/aromatic N) is 1. The molecule has 0 saturated heterocycles. The fourth-order valence-electron chi connectivity index (χ4n) is 5.02. The number of carbonyl (C=O) groups is 3. The lowest BCUT2D eigenvalue weighted by Crippen LogP contribution is -2.45. The lowest BCUT2D eigenvalue weighted by atomic mass is 9.93. The fraction of sp³-hybridized carbons (Fsp3) is 0.323. The van der Waals surface area contributed by atoms with Gasteiger partial charge in [0.25, 0.3) is 5.91 Å². The summed E-state index contributed by atoms with van der Waals surface area (Å²) < 4.78 is 16.2. The molecule has 0 aliphatic carbocycles. The Hall–Kier alpha value is -4.53. The average molecular weight is 549 g/mol. The van der Waals surface area contributed by atoms with Crippen LogP contribution in [0.3, 0.4) is 0 Å². The van der Waals surface area contributed by atoms with Crippen LogP contribution in [-0.2, 0) is 16.1 Å². The molecule has 3 rings (SSSR count). The molecule has 0 fully saturated rings. The Morgan fingerprint density at radius 3 is 1.88 bits per heavy atom. The topological polar surface area (TPSA) is 128 Å². The van der Waals surface area contributed by atoms with Crippen molar-refractivity contribution in [1.29, 1.82) is 0 Å². The zero-order chi connectivity index (χ0) is 29.6. The second kappa shape index (κ2) is 13.0. The van der Waals surface area contributed by atoms with Crippen LogP contribution in [0.1, 0.15) is 45.5 Å². The van der Waals surface area contributed by atoms with Crippen LogP contribution < -0.4 is 19.9 Å². The standard InChI is InChI=1S/C31H36N2O7/c1-18-13-19(2)28(20(3)14-18)22-7-9-23(10-8-22)30(35)33(24(31(36)37)11-12-27(32)34)17-21-15-25(38-4)29(40-6)26(16-21)39-5/h7-10,13-16,24H,11-12,17H2,1-6H3,(H2,32,34)(H,36,37)/t24-/m0/s1. The van der Waals surface area contributed by atoms with Crippen molar-refractivity contribution in [2.45, 2.75) is 46.2 Å². The number of methoxy groups -OCH3 is 3. The van der Waals surface area contributed by atoms with Gasteiger partial charge in [0.15, 0.2) is 11.5 Å². The van der Waals surface area contributed by atoms with Crippen molar-refractivity contribution in [2.75, 3.05) is 21.3 Å². The van der Waals surface area contributed by atoms with E-state index in [0.29, 0.717) is 28.4 Å². The van der Waals surface area contributed by atoms with Crippen molar-refractivity contribution in [3.8, 4) is 28.4 Å². The molecule has 0 spiro atoms. The number of nitrogens with two attached hydrogens (primary N) is 1. The number of hydrogen-bond donors (Lipinski definition) is 2. The van der Waals surface area contributed by atoms with Gasteiger partial charge in [0.1, 0.15) is 6.04 Å². The zero-order valence-corrected chi connectivity index (χ0v) is 23.7. The Kier molecular flexibility index (Phi) is 9.77. The van der Waals surface area contributed by atoms with Crippen LogP contribution in [0.15, 0.2) is 48.5 Å². The lowest BCUT2D eigenvalue weighted by molar-refractivity contribution is -0.143. The highest BCUT2D eigenvalue weighted by atomic mass is 16.5. The molecule has 3 aromatic rings. The van der Waals surface area contributed by atoms with Gasteiger partial charge in [-0.3, -0.25) is 9.59 Å². The number of amides is 2. The monoisotopic (exact) mass is 548 g/mol. The Balaban J connectivity index is 2.05. The van der Waals surface area contributed by atoms with E-state index in [1.165, 1.54) is 31.8 Å². The van der Waals surface area contributed by atoms with Crippen LogP contribution in [0, 0.1) is 20.8 Å². The molecule has 0 unspecified atom stereocenters. The maximum atomic E-state index is 13.9. The largest absolute Gasteiger partial charge is 0.493 e. The van der Waals surface area contributed by atoms with Crippen molar-refractivity contribution < 1.29 is 33.7 Å². The summed E-state index contributed by atoms with van der Waals surface area (Å²) in [5, 5.41) is 10.1. The summed E-state index contributed by atoms with van der Waals surface area (Å²) in [6.45, 7) is 6.04. The molecule has 212 valence electrons. The molecule has 1 atom stereocenters. The minimum Gasteiger partial charge on any atom is -0.493 e. The number of carboxylic acids is 1. The molecule has 0 bridgehead atoms. The van der Waals surface area contributed by atoms with E-state index in [-0.39, 0.29) is 19.4 Å². The molecule has 40 heavy (non-hydrogen) atoms. The van der Waals surface area contributed by atoms with Crippen LogP contribution >= 0.6 is 0 Å². The van der Waals surface area contributed by atoms with Crippen LogP contribution in [0.25, 0.3) is 11.1 Å². The number of primary amides is 1. The molecule has 9 heteroatoms. The highest BCUT2D eigenvalue weighted by Crippen LogP contribution is 2.39. The number of carboxylic acid groups (broad SMARTS) is 1. The Morgan fingerprint density at radius 1 is 0.875 bits per heavy atom. The third kappa shape index (κ3) is 6.72. The van der Waals surface area contributed by atoms with Crippen LogP contribution in [0.5, 0.6) is 17.2 Å². The summed E-state index contributed by atoms with van der Waals surface area (Å²) in [5.41, 5.74) is 11.6. The summed E-state index contributed by atoms with van der Waals surface area (Å²) in [6.07, 6.45) is -0.332. The molecule has 0 heterocycles. The number of aliphatic carboxylic acids is 1. The second-order valence-corrected chi connectivity index (χ2v) is 9.68. The number of hydrogen-bond acceptors (Lipinski definition) is 6. The van der Waals surface area contributed by atoms with Gasteiger partial charge in [-0.25, -0.2) is 4.79 Å². The first-order valence-electron chi connectivity index (χ1n) is 12.8. The van der Waals surface area contributed by atoms with Crippen molar-refractivity contribution >= 4 is 17.8 Å². The average Bonchev–Trinajstić information content (AvgIpc) is 2.91. The predicted octanol–water partition coefficient (Wildman–Crippen LogP) is 4.67. The maximum absolute atomic E-state index is 13.9. The highest BCUT2D eigenvalue weighted by molar-refractivity contribution is 5.97. The van der Waals surface area contributed by atoms with Gasteiger partial charge in [-0.2, -0.15) is 0 Å². The molecule has 0 aliphatic rings. The SMILES string of the molecule is COc1cc(CN(C(=O)c2ccc(-c3c(C)cc(C)cc3C)cc2)[C@@H](CCC(N)=O)C(=O)O)cc(OC)c1OC. The van der Waals surface area contributed by atoms with Crippen molar-refractivity contribution in [1.82, 2.24) is 4.90 Å². The van der Waals surface area contributed by atoms with E-state index in [0.717, 1.165) is 22.3 Å². The van der Waals surface area contributed by atoms with Gasteiger partial charge >= 0.3 is 5.97 Å². The van der Waals surface area contributed by atoms with E-state index in [9.17, 15) is 19.5 Å². The quantitative estimate of drug-likeness (QED) is 0.337. The summed E-state index contributed by atoms with van der Waals surface area (Å²) in [7, 11) is 4.41. The molecule has 0 saturated carbocycles. The fourth-order valence-corrected chi connectivity index (χ4v) is 5.02. The van der Waals surface area contributed by atoms with Gasteiger partial charge in [0, 0.05) is 18.5 Å². The summed E-state index contributed by atoms with van der Waals surface area (Å²) >= 11 is 0. The van der Waals surface area contributed by atoms with Gasteiger partial charge < -0.3 is 30.0 Å². The first kappa shape index (κ1) is 30.0. The van der Waals surface area contributed by atoms with Gasteiger partial charge in [-0.1, -0.05) is 29.8 Å². The van der Waals surface area contributed by atoms with E-state index < -0.39 is 23.8 Å². The summed E-state index contributed by atoms with van der Waals surface area (Å²) in [4.78, 5) is 38.9. The van der Waals surface area contributed by atoms with E-state index in [2.05, 4.69) is 12.1 Å². The first-order chi connectivity index (χ1) is 19.0. The molecular formula is C31H36N2O7. The lowest BCUT2D eigenvalue weighted by Gasteiger charge is -2.29. The van der Waals surface area contributed by atoms with Crippen molar-refractivity contribution in [2.24, 2.45) is 5.73 Å². The number of carbonyl (C=O) groups excluding carboxylic acids is 2. The van der Waals surface area contributed by atoms with E-state index in [4.69, 9.17) is 19.9 Å². The minimum atomic E-state index is -1.31. The third-order valence-corrected chi connectivity index (χ3v) is 6.76. The van der Waals surface area contributed by atoms with Crippen LogP contribution in [0.2, 0.25) is 0 Å². The maximum Gasteiger partial charge on any atom is 0.326 e. The molecule has 3 N–H and O–H groups in total. The zero-order valence-electron chi connectivity index (χ0n) is 23.7. The molecule has 3 aromatic carbocycles. The van der Waals surface area contributed by atoms with E-state index >= 15 is 0 Å². The number of aryl methyl sites for hydroxylation is 3. The molecular weight excluding hydrogens is 512 g/mol. The summed E-state index contributed by atoms with van der Waals surface area (Å²) in [5.74, 6) is -1.31. The van der Waals surface area contributed by atoms with Crippen molar-refractivity contribution in [3.63, 3.8) is 0 Å². The Labute approximate surface area is 234 Å². The van der Waals surface area contributed by atoms with Gasteiger partial charge in [-0.05, 0) is 79.3 Å². The number of benzene rings is 3. The predicted molar refractivity (Wildman–Crippen MR) is 152 cm³/mol. The van der Waals surface area contributed by atoms with E-state index in [1.54, 1.807) is 24.3 Å². The van der Waals surface area contributed by atoms with Gasteiger partial charge in [-0.15, -0.1) is 0 Å². The molecule has 0 aliphatic heterocycles. The Bertz CT molecular complexity index is 1350. The second-order valence-electron chi connectivity index (χ2n) is 9.68. The van der Waals surface area contributed by atoms with Gasteiger partial charge in [0.05, 0.1) is 21.3 Å². The van der Waals surface area contributed by atoms with Crippen LogP contribution in [-0.4, -0.2) is 55.2 Å². The molecule has 2 amide bonds. The van der Waals surface area contributed by atoms with Crippen molar-refractivity contribution in [3.05, 3.63) is 76.3 Å².